The zero-order chi connectivity index (χ0) is 16.9. The van der Waals surface area contributed by atoms with Crippen LogP contribution in [-0.4, -0.2) is 18.5 Å². The van der Waals surface area contributed by atoms with Crippen LogP contribution >= 0.6 is 0 Å². The number of hydrogen-bond donors (Lipinski definition) is 0. The van der Waals surface area contributed by atoms with Crippen LogP contribution in [0.5, 0.6) is 0 Å². The van der Waals surface area contributed by atoms with Gasteiger partial charge < -0.3 is 14.6 Å². The van der Waals surface area contributed by atoms with E-state index in [2.05, 4.69) is 19.1 Å². The minimum atomic E-state index is -1.11. The fourth-order valence-electron chi connectivity index (χ4n) is 3.07. The largest absolute Gasteiger partial charge is 1.00 e. The summed E-state index contributed by atoms with van der Waals surface area (Å²) in [4.78, 5) is 23.1. The van der Waals surface area contributed by atoms with E-state index in [1.165, 1.54) is 12.8 Å². The quantitative estimate of drug-likeness (QED) is 0.235. The SMILES string of the molecule is CCCC/C=C/CCCCCOC(=O)C1CCCCC1C(=O)[O-].[Na+]. The van der Waals surface area contributed by atoms with Crippen molar-refractivity contribution in [3.63, 3.8) is 0 Å². The van der Waals surface area contributed by atoms with E-state index < -0.39 is 17.8 Å². The first-order chi connectivity index (χ1) is 11.2. The normalized spacial score (nSPS) is 20.5. The summed E-state index contributed by atoms with van der Waals surface area (Å²) in [6.45, 7) is 2.59. The molecule has 5 heteroatoms. The molecule has 0 radical (unpaired) electrons. The summed E-state index contributed by atoms with van der Waals surface area (Å²) in [5.41, 5.74) is 0. The van der Waals surface area contributed by atoms with Crippen LogP contribution < -0.4 is 34.7 Å². The molecule has 0 aromatic rings. The Morgan fingerprint density at radius 1 is 1.00 bits per heavy atom. The van der Waals surface area contributed by atoms with Crippen molar-refractivity contribution < 1.29 is 49.0 Å². The predicted octanol–water partition coefficient (Wildman–Crippen LogP) is 0.397. The van der Waals surface area contributed by atoms with Gasteiger partial charge in [0.25, 0.3) is 0 Å². The second kappa shape index (κ2) is 15.0. The first kappa shape index (κ1) is 23.7. The molecule has 24 heavy (non-hydrogen) atoms. The average molecular weight is 346 g/mol. The first-order valence-electron chi connectivity index (χ1n) is 9.19. The third-order valence-electron chi connectivity index (χ3n) is 4.52. The molecule has 0 N–H and O–H groups in total. The van der Waals surface area contributed by atoms with E-state index >= 15 is 0 Å². The molecular weight excluding hydrogens is 315 g/mol. The molecule has 0 aliphatic heterocycles. The Hall–Kier alpha value is -0.320. The van der Waals surface area contributed by atoms with Gasteiger partial charge in [0.05, 0.1) is 12.5 Å². The van der Waals surface area contributed by atoms with Crippen molar-refractivity contribution >= 4 is 11.9 Å². The van der Waals surface area contributed by atoms with Gasteiger partial charge in [-0.15, -0.1) is 0 Å². The van der Waals surface area contributed by atoms with Crippen LogP contribution in [0.15, 0.2) is 12.2 Å². The summed E-state index contributed by atoms with van der Waals surface area (Å²) in [5, 5.41) is 11.1. The number of carboxylic acids is 1. The van der Waals surface area contributed by atoms with Gasteiger partial charge in [0, 0.05) is 11.9 Å². The second-order valence-corrected chi connectivity index (χ2v) is 6.45. The Kier molecular flexibility index (Phi) is 14.8. The van der Waals surface area contributed by atoms with Crippen molar-refractivity contribution in [2.75, 3.05) is 6.61 Å². The summed E-state index contributed by atoms with van der Waals surface area (Å²) < 4.78 is 5.27. The molecule has 2 unspecified atom stereocenters. The zero-order valence-electron chi connectivity index (χ0n) is 15.4. The van der Waals surface area contributed by atoms with Gasteiger partial charge in [0.1, 0.15) is 0 Å². The van der Waals surface area contributed by atoms with Gasteiger partial charge >= 0.3 is 35.5 Å². The van der Waals surface area contributed by atoms with Crippen molar-refractivity contribution in [1.29, 1.82) is 0 Å². The van der Waals surface area contributed by atoms with E-state index in [0.717, 1.165) is 44.9 Å². The Morgan fingerprint density at radius 3 is 2.25 bits per heavy atom. The first-order valence-corrected chi connectivity index (χ1v) is 9.19. The van der Waals surface area contributed by atoms with Crippen molar-refractivity contribution in [3.05, 3.63) is 12.2 Å². The number of carbonyl (C=O) groups is 2. The van der Waals surface area contributed by atoms with E-state index in [1.807, 2.05) is 0 Å². The maximum atomic E-state index is 12.0. The Bertz CT molecular complexity index is 382. The third kappa shape index (κ3) is 9.85. The van der Waals surface area contributed by atoms with Crippen molar-refractivity contribution in [1.82, 2.24) is 0 Å². The molecule has 0 aromatic carbocycles. The summed E-state index contributed by atoms with van der Waals surface area (Å²) in [7, 11) is 0. The molecule has 0 aromatic heterocycles. The fraction of sp³-hybridized carbons (Fsp3) is 0.789. The van der Waals surface area contributed by atoms with E-state index in [0.29, 0.717) is 19.4 Å². The van der Waals surface area contributed by atoms with Gasteiger partial charge in [0.15, 0.2) is 0 Å². The second-order valence-electron chi connectivity index (χ2n) is 6.45. The molecule has 0 spiro atoms. The van der Waals surface area contributed by atoms with E-state index in [-0.39, 0.29) is 35.5 Å². The van der Waals surface area contributed by atoms with E-state index in [1.54, 1.807) is 0 Å². The summed E-state index contributed by atoms with van der Waals surface area (Å²) in [6, 6.07) is 0. The molecule has 0 amide bonds. The topological polar surface area (TPSA) is 66.4 Å². The smallest absolute Gasteiger partial charge is 0.550 e. The number of hydrogen-bond acceptors (Lipinski definition) is 4. The average Bonchev–Trinajstić information content (AvgIpc) is 2.56. The van der Waals surface area contributed by atoms with Gasteiger partial charge in [0.2, 0.25) is 0 Å². The fourth-order valence-corrected chi connectivity index (χ4v) is 3.07. The molecule has 0 saturated heterocycles. The van der Waals surface area contributed by atoms with Crippen LogP contribution in [0.25, 0.3) is 0 Å². The van der Waals surface area contributed by atoms with Crippen molar-refractivity contribution in [2.24, 2.45) is 11.8 Å². The van der Waals surface area contributed by atoms with Gasteiger partial charge in [-0.05, 0) is 44.9 Å². The number of aliphatic carboxylic acids is 1. The van der Waals surface area contributed by atoms with Gasteiger partial charge in [-0.2, -0.15) is 0 Å². The van der Waals surface area contributed by atoms with Crippen LogP contribution in [-0.2, 0) is 14.3 Å². The molecule has 0 bridgehead atoms. The number of allylic oxidation sites excluding steroid dienone is 2. The van der Waals surface area contributed by atoms with Crippen LogP contribution in [0.2, 0.25) is 0 Å². The minimum Gasteiger partial charge on any atom is -0.550 e. The van der Waals surface area contributed by atoms with E-state index in [4.69, 9.17) is 4.74 Å². The molecule has 0 heterocycles. The molecule has 2 atom stereocenters. The maximum Gasteiger partial charge on any atom is 1.00 e. The summed E-state index contributed by atoms with van der Waals surface area (Å²) in [5.74, 6) is -2.63. The number of unbranched alkanes of at least 4 members (excludes halogenated alkanes) is 5. The molecule has 4 nitrogen and oxygen atoms in total. The monoisotopic (exact) mass is 346 g/mol. The number of rotatable bonds is 11. The molecule has 1 fully saturated rings. The minimum absolute atomic E-state index is 0. The predicted molar refractivity (Wildman–Crippen MR) is 88.5 cm³/mol. The number of esters is 1. The Morgan fingerprint density at radius 2 is 1.62 bits per heavy atom. The van der Waals surface area contributed by atoms with Crippen LogP contribution in [0, 0.1) is 11.8 Å². The Labute approximate surface area is 168 Å². The molecular formula is C19H31NaO4. The van der Waals surface area contributed by atoms with E-state index in [9.17, 15) is 14.7 Å². The third-order valence-corrected chi connectivity index (χ3v) is 4.52. The molecule has 1 rings (SSSR count). The zero-order valence-corrected chi connectivity index (χ0v) is 17.4. The van der Waals surface area contributed by atoms with Crippen LogP contribution in [0.3, 0.4) is 0 Å². The van der Waals surface area contributed by atoms with Crippen molar-refractivity contribution in [3.8, 4) is 0 Å². The number of ether oxygens (including phenoxy) is 1. The maximum absolute atomic E-state index is 12.0. The van der Waals surface area contributed by atoms with Crippen LogP contribution in [0.1, 0.15) is 77.6 Å². The summed E-state index contributed by atoms with van der Waals surface area (Å²) in [6.07, 6.45) is 15.1. The van der Waals surface area contributed by atoms with Gasteiger partial charge in [-0.1, -0.05) is 44.8 Å². The van der Waals surface area contributed by atoms with Gasteiger partial charge in [-0.25, -0.2) is 0 Å². The molecule has 132 valence electrons. The van der Waals surface area contributed by atoms with Gasteiger partial charge in [-0.3, -0.25) is 4.79 Å². The molecule has 1 aliphatic rings. The van der Waals surface area contributed by atoms with Crippen LogP contribution in [0.4, 0.5) is 0 Å². The summed E-state index contributed by atoms with van der Waals surface area (Å²) >= 11 is 0. The van der Waals surface area contributed by atoms with Crippen molar-refractivity contribution in [2.45, 2.75) is 77.6 Å². The molecule has 1 aliphatic carbocycles. The Balaban J connectivity index is 0.00000529. The number of carbonyl (C=O) groups excluding carboxylic acids is 2. The number of carboxylic acid groups (broad SMARTS) is 1. The standard InChI is InChI=1S/C19H32O4.Na/c1-2-3-4-5-6-7-8-9-12-15-23-19(22)17-14-11-10-13-16(17)18(20)21;/h5-6,16-17H,2-4,7-15H2,1H3,(H,20,21);/q;+1/p-1/b6-5+;. The molecule has 1 saturated carbocycles.